The largest absolute Gasteiger partial charge is 0.491 e. The topological polar surface area (TPSA) is 38.8 Å². The summed E-state index contributed by atoms with van der Waals surface area (Å²) in [5.74, 6) is 1.78. The molecule has 138 valence electrons. The minimum atomic E-state index is 0.0587. The number of ether oxygens (including phenoxy) is 2. The maximum atomic E-state index is 11.7. The van der Waals surface area contributed by atoms with Crippen molar-refractivity contribution in [2.75, 3.05) is 24.6 Å². The first kappa shape index (κ1) is 17.4. The Bertz CT molecular complexity index is 977. The average molecular weight is 361 g/mol. The molecule has 3 aromatic carbocycles. The molecule has 1 heterocycles. The maximum absolute atomic E-state index is 11.7. The van der Waals surface area contributed by atoms with Crippen molar-refractivity contribution in [2.24, 2.45) is 0 Å². The van der Waals surface area contributed by atoms with Crippen LogP contribution in [0.5, 0.6) is 11.5 Å². The number of anilines is 1. The zero-order chi connectivity index (χ0) is 18.8. The molecule has 3 aromatic rings. The van der Waals surface area contributed by atoms with Crippen LogP contribution in [0.25, 0.3) is 10.8 Å². The number of benzene rings is 3. The third kappa shape index (κ3) is 3.61. The molecule has 0 fully saturated rings. The van der Waals surface area contributed by atoms with Gasteiger partial charge in [-0.1, -0.05) is 36.4 Å². The molecule has 27 heavy (non-hydrogen) atoms. The Hall–Kier alpha value is -3.01. The fourth-order valence-electron chi connectivity index (χ4n) is 3.54. The van der Waals surface area contributed by atoms with E-state index >= 15 is 0 Å². The van der Waals surface area contributed by atoms with E-state index in [0.717, 1.165) is 35.7 Å². The van der Waals surface area contributed by atoms with Gasteiger partial charge in [0, 0.05) is 10.9 Å². The predicted octanol–water partition coefficient (Wildman–Crippen LogP) is 4.71. The van der Waals surface area contributed by atoms with Gasteiger partial charge in [-0.3, -0.25) is 4.79 Å². The molecule has 0 saturated heterocycles. The van der Waals surface area contributed by atoms with Crippen molar-refractivity contribution in [3.63, 3.8) is 0 Å². The van der Waals surface area contributed by atoms with Gasteiger partial charge >= 0.3 is 0 Å². The SMILES string of the molecule is CC(=O)c1ccc2c(c1)N(CCOc1cccc3ccccc13)CC(C)O2. The van der Waals surface area contributed by atoms with Gasteiger partial charge in [-0.2, -0.15) is 0 Å². The van der Waals surface area contributed by atoms with Crippen molar-refractivity contribution in [2.45, 2.75) is 20.0 Å². The van der Waals surface area contributed by atoms with Crippen molar-refractivity contribution in [3.8, 4) is 11.5 Å². The van der Waals surface area contributed by atoms with Crippen molar-refractivity contribution < 1.29 is 14.3 Å². The van der Waals surface area contributed by atoms with Gasteiger partial charge in [-0.05, 0) is 43.5 Å². The lowest BCUT2D eigenvalue weighted by Gasteiger charge is -2.35. The molecule has 0 N–H and O–H groups in total. The number of nitrogens with zero attached hydrogens (tertiary/aromatic N) is 1. The molecule has 1 aliphatic heterocycles. The Morgan fingerprint density at radius 2 is 1.96 bits per heavy atom. The van der Waals surface area contributed by atoms with Crippen LogP contribution in [0.1, 0.15) is 24.2 Å². The molecule has 0 aromatic heterocycles. The number of fused-ring (bicyclic) bond motifs is 2. The lowest BCUT2D eigenvalue weighted by molar-refractivity contribution is 0.101. The molecule has 1 atom stereocenters. The van der Waals surface area contributed by atoms with Crippen LogP contribution in [-0.2, 0) is 0 Å². The molecule has 0 spiro atoms. The second-order valence-corrected chi connectivity index (χ2v) is 6.94. The zero-order valence-corrected chi connectivity index (χ0v) is 15.6. The Morgan fingerprint density at radius 1 is 1.15 bits per heavy atom. The smallest absolute Gasteiger partial charge is 0.159 e. The number of hydrogen-bond acceptors (Lipinski definition) is 4. The van der Waals surface area contributed by atoms with E-state index in [1.54, 1.807) is 6.92 Å². The van der Waals surface area contributed by atoms with E-state index in [0.29, 0.717) is 12.2 Å². The van der Waals surface area contributed by atoms with E-state index in [1.165, 1.54) is 5.39 Å². The van der Waals surface area contributed by atoms with Crippen molar-refractivity contribution in [1.29, 1.82) is 0 Å². The molecule has 0 bridgehead atoms. The number of hydrogen-bond donors (Lipinski definition) is 0. The van der Waals surface area contributed by atoms with E-state index in [-0.39, 0.29) is 11.9 Å². The quantitative estimate of drug-likeness (QED) is 0.617. The van der Waals surface area contributed by atoms with E-state index in [4.69, 9.17) is 9.47 Å². The van der Waals surface area contributed by atoms with Crippen LogP contribution in [0.4, 0.5) is 5.69 Å². The van der Waals surface area contributed by atoms with E-state index in [2.05, 4.69) is 30.0 Å². The normalized spacial score (nSPS) is 15.9. The van der Waals surface area contributed by atoms with Gasteiger partial charge in [-0.15, -0.1) is 0 Å². The summed E-state index contributed by atoms with van der Waals surface area (Å²) in [5.41, 5.74) is 1.66. The minimum absolute atomic E-state index is 0.0587. The standard InChI is InChI=1S/C23H23NO3/c1-16-15-24(21-14-19(17(2)25)10-11-23(21)27-16)12-13-26-22-9-5-7-18-6-3-4-8-20(18)22/h3-11,14,16H,12-13,15H2,1-2H3. The molecule has 0 radical (unpaired) electrons. The second-order valence-electron chi connectivity index (χ2n) is 6.94. The summed E-state index contributed by atoms with van der Waals surface area (Å²) >= 11 is 0. The molecule has 0 amide bonds. The van der Waals surface area contributed by atoms with Crippen LogP contribution in [0.2, 0.25) is 0 Å². The highest BCUT2D eigenvalue weighted by Gasteiger charge is 2.23. The van der Waals surface area contributed by atoms with Crippen LogP contribution >= 0.6 is 0 Å². The second kappa shape index (κ2) is 7.31. The van der Waals surface area contributed by atoms with Gasteiger partial charge < -0.3 is 14.4 Å². The number of ketones is 1. The number of Topliss-reactive ketones (excluding diaryl/α,β-unsaturated/α-hetero) is 1. The van der Waals surface area contributed by atoms with Crippen molar-refractivity contribution in [1.82, 2.24) is 0 Å². The van der Waals surface area contributed by atoms with Crippen LogP contribution in [-0.4, -0.2) is 31.6 Å². The van der Waals surface area contributed by atoms with Crippen LogP contribution in [0.3, 0.4) is 0 Å². The van der Waals surface area contributed by atoms with Crippen LogP contribution in [0.15, 0.2) is 60.7 Å². The number of carbonyl (C=O) groups excluding carboxylic acids is 1. The highest BCUT2D eigenvalue weighted by Crippen LogP contribution is 2.34. The molecule has 1 unspecified atom stereocenters. The zero-order valence-electron chi connectivity index (χ0n) is 15.6. The minimum Gasteiger partial charge on any atom is -0.491 e. The Labute approximate surface area is 159 Å². The number of carbonyl (C=O) groups is 1. The summed E-state index contributed by atoms with van der Waals surface area (Å²) in [7, 11) is 0. The van der Waals surface area contributed by atoms with Crippen molar-refractivity contribution in [3.05, 3.63) is 66.2 Å². The van der Waals surface area contributed by atoms with Gasteiger partial charge in [0.15, 0.2) is 5.78 Å². The third-order valence-electron chi connectivity index (χ3n) is 4.88. The molecular weight excluding hydrogens is 338 g/mol. The summed E-state index contributed by atoms with van der Waals surface area (Å²) < 4.78 is 12.0. The highest BCUT2D eigenvalue weighted by atomic mass is 16.5. The lowest BCUT2D eigenvalue weighted by Crippen LogP contribution is -2.40. The Balaban J connectivity index is 1.51. The summed E-state index contributed by atoms with van der Waals surface area (Å²) in [6.45, 7) is 5.70. The van der Waals surface area contributed by atoms with Gasteiger partial charge in [0.1, 0.15) is 24.2 Å². The fraction of sp³-hybridized carbons (Fsp3) is 0.261. The average Bonchev–Trinajstić information content (AvgIpc) is 2.67. The van der Waals surface area contributed by atoms with Gasteiger partial charge in [0.05, 0.1) is 18.8 Å². The number of rotatable bonds is 5. The highest BCUT2D eigenvalue weighted by molar-refractivity contribution is 5.95. The van der Waals surface area contributed by atoms with Crippen molar-refractivity contribution >= 4 is 22.2 Å². The van der Waals surface area contributed by atoms with Gasteiger partial charge in [0.2, 0.25) is 0 Å². The summed E-state index contributed by atoms with van der Waals surface area (Å²) in [5, 5.41) is 2.29. The van der Waals surface area contributed by atoms with E-state index in [9.17, 15) is 4.79 Å². The molecular formula is C23H23NO3. The predicted molar refractivity (Wildman–Crippen MR) is 108 cm³/mol. The summed E-state index contributed by atoms with van der Waals surface area (Å²) in [6, 6.07) is 20.0. The summed E-state index contributed by atoms with van der Waals surface area (Å²) in [4.78, 5) is 14.0. The molecule has 4 rings (SSSR count). The Kier molecular flexibility index (Phi) is 4.71. The molecule has 4 nitrogen and oxygen atoms in total. The van der Waals surface area contributed by atoms with Gasteiger partial charge in [-0.25, -0.2) is 0 Å². The first-order chi connectivity index (χ1) is 13.1. The van der Waals surface area contributed by atoms with E-state index < -0.39 is 0 Å². The van der Waals surface area contributed by atoms with E-state index in [1.807, 2.05) is 42.5 Å². The Morgan fingerprint density at radius 3 is 2.81 bits per heavy atom. The maximum Gasteiger partial charge on any atom is 0.159 e. The summed E-state index contributed by atoms with van der Waals surface area (Å²) in [6.07, 6.45) is 0.0956. The lowest BCUT2D eigenvalue weighted by atomic mass is 10.1. The van der Waals surface area contributed by atoms with Gasteiger partial charge in [0.25, 0.3) is 0 Å². The molecule has 0 saturated carbocycles. The monoisotopic (exact) mass is 361 g/mol. The molecule has 4 heteroatoms. The molecule has 0 aliphatic carbocycles. The fourth-order valence-corrected chi connectivity index (χ4v) is 3.54. The first-order valence-corrected chi connectivity index (χ1v) is 9.29. The first-order valence-electron chi connectivity index (χ1n) is 9.29. The molecule has 1 aliphatic rings. The van der Waals surface area contributed by atoms with Crippen LogP contribution < -0.4 is 14.4 Å². The van der Waals surface area contributed by atoms with Crippen LogP contribution in [0, 0.1) is 0 Å². The third-order valence-corrected chi connectivity index (χ3v) is 4.88.